The minimum absolute atomic E-state index is 0.1000. The van der Waals surface area contributed by atoms with Gasteiger partial charge in [-0.15, -0.1) is 0 Å². The van der Waals surface area contributed by atoms with Crippen molar-refractivity contribution in [1.29, 1.82) is 0 Å². The van der Waals surface area contributed by atoms with E-state index >= 15 is 0 Å². The number of nitrogens with one attached hydrogen (secondary N) is 1. The van der Waals surface area contributed by atoms with E-state index in [1.54, 1.807) is 20.8 Å². The molecule has 1 aliphatic rings. The molecule has 0 bridgehead atoms. The number of hydrogen-bond donors (Lipinski definition) is 1. The third kappa shape index (κ3) is 5.66. The van der Waals surface area contributed by atoms with E-state index in [9.17, 15) is 14.4 Å². The van der Waals surface area contributed by atoms with Gasteiger partial charge in [-0.3, -0.25) is 4.79 Å². The predicted molar refractivity (Wildman–Crippen MR) is 81.4 cm³/mol. The minimum atomic E-state index is -1.15. The number of alkyl carbamates (subject to hydrolysis) is 1. The van der Waals surface area contributed by atoms with Crippen LogP contribution in [0.2, 0.25) is 0 Å². The van der Waals surface area contributed by atoms with Crippen LogP contribution in [-0.4, -0.2) is 35.6 Å². The number of esters is 1. The Morgan fingerprint density at radius 3 is 2.32 bits per heavy atom. The molecule has 1 aliphatic carbocycles. The van der Waals surface area contributed by atoms with Crippen LogP contribution in [0.1, 0.15) is 66.2 Å². The van der Waals surface area contributed by atoms with Gasteiger partial charge in [-0.25, -0.2) is 9.59 Å². The van der Waals surface area contributed by atoms with Crippen molar-refractivity contribution >= 4 is 17.8 Å². The minimum Gasteiger partial charge on any atom is -0.464 e. The highest BCUT2D eigenvalue weighted by Gasteiger charge is 2.45. The van der Waals surface area contributed by atoms with Gasteiger partial charge < -0.3 is 14.8 Å². The monoisotopic (exact) mass is 313 g/mol. The molecule has 0 radical (unpaired) electrons. The summed E-state index contributed by atoms with van der Waals surface area (Å²) in [6, 6.07) is 0. The molecule has 1 rings (SSSR count). The second-order valence-corrected chi connectivity index (χ2v) is 6.74. The summed E-state index contributed by atoms with van der Waals surface area (Å²) < 4.78 is 10.5. The fourth-order valence-corrected chi connectivity index (χ4v) is 2.28. The lowest BCUT2D eigenvalue weighted by molar-refractivity contribution is -0.154. The summed E-state index contributed by atoms with van der Waals surface area (Å²) >= 11 is 0. The number of Topliss-reactive ketones (excluding diaryl/α,β-unsaturated/α-hetero) is 1. The molecule has 126 valence electrons. The third-order valence-corrected chi connectivity index (χ3v) is 3.52. The molecule has 22 heavy (non-hydrogen) atoms. The lowest BCUT2D eigenvalue weighted by Gasteiger charge is -2.35. The number of ether oxygens (including phenoxy) is 2. The average Bonchev–Trinajstić information content (AvgIpc) is 2.39. The molecule has 1 N–H and O–H groups in total. The Kier molecular flexibility index (Phi) is 6.38. The van der Waals surface area contributed by atoms with Crippen LogP contribution in [-0.2, 0) is 19.1 Å². The van der Waals surface area contributed by atoms with Gasteiger partial charge in [0, 0.05) is 12.8 Å². The molecule has 1 amide bonds. The lowest BCUT2D eigenvalue weighted by atomic mass is 9.81. The lowest BCUT2D eigenvalue weighted by Crippen LogP contribution is -2.58. The molecule has 6 nitrogen and oxygen atoms in total. The standard InChI is InChI=1S/C16H27NO5/c1-5-6-11-21-13(19)16(9-7-12(18)8-10-16)17-14(20)22-15(2,3)4/h5-11H2,1-4H3,(H,17,20). The van der Waals surface area contributed by atoms with Crippen molar-refractivity contribution in [3.63, 3.8) is 0 Å². The largest absolute Gasteiger partial charge is 0.464 e. The van der Waals surface area contributed by atoms with Crippen LogP contribution in [0.15, 0.2) is 0 Å². The number of ketones is 1. The van der Waals surface area contributed by atoms with Crippen LogP contribution in [0.5, 0.6) is 0 Å². The van der Waals surface area contributed by atoms with Crippen LogP contribution in [0.4, 0.5) is 4.79 Å². The van der Waals surface area contributed by atoms with Crippen molar-refractivity contribution in [2.75, 3.05) is 6.61 Å². The number of carbonyl (C=O) groups excluding carboxylic acids is 3. The smallest absolute Gasteiger partial charge is 0.408 e. The fraction of sp³-hybridized carbons (Fsp3) is 0.812. The number of amides is 1. The summed E-state index contributed by atoms with van der Waals surface area (Å²) in [6.07, 6.45) is 2.07. The maximum Gasteiger partial charge on any atom is 0.408 e. The maximum absolute atomic E-state index is 12.4. The zero-order chi connectivity index (χ0) is 16.8. The van der Waals surface area contributed by atoms with Gasteiger partial charge in [0.1, 0.15) is 16.9 Å². The fourth-order valence-electron chi connectivity index (χ4n) is 2.28. The molecule has 0 aromatic rings. The van der Waals surface area contributed by atoms with Crippen LogP contribution in [0.3, 0.4) is 0 Å². The Morgan fingerprint density at radius 2 is 1.82 bits per heavy atom. The van der Waals surface area contributed by atoms with Crippen LogP contribution >= 0.6 is 0 Å². The SMILES string of the molecule is CCCCOC(=O)C1(NC(=O)OC(C)(C)C)CCC(=O)CC1. The highest BCUT2D eigenvalue weighted by molar-refractivity contribution is 5.90. The van der Waals surface area contributed by atoms with E-state index in [-0.39, 0.29) is 31.5 Å². The van der Waals surface area contributed by atoms with E-state index in [1.807, 2.05) is 6.92 Å². The Balaban J connectivity index is 2.76. The second kappa shape index (κ2) is 7.61. The molecule has 0 heterocycles. The van der Waals surface area contributed by atoms with E-state index in [0.29, 0.717) is 6.61 Å². The van der Waals surface area contributed by atoms with Crippen LogP contribution in [0, 0.1) is 0 Å². The first-order valence-corrected chi connectivity index (χ1v) is 7.88. The molecular formula is C16H27NO5. The Hall–Kier alpha value is -1.59. The van der Waals surface area contributed by atoms with E-state index in [1.165, 1.54) is 0 Å². The molecule has 0 saturated heterocycles. The summed E-state index contributed by atoms with van der Waals surface area (Å²) in [7, 11) is 0. The van der Waals surface area contributed by atoms with Crippen molar-refractivity contribution in [1.82, 2.24) is 5.32 Å². The third-order valence-electron chi connectivity index (χ3n) is 3.52. The van der Waals surface area contributed by atoms with Crippen molar-refractivity contribution in [3.05, 3.63) is 0 Å². The van der Waals surface area contributed by atoms with Gasteiger partial charge in [0.15, 0.2) is 0 Å². The Labute approximate surface area is 131 Å². The molecule has 1 saturated carbocycles. The summed E-state index contributed by atoms with van der Waals surface area (Å²) in [5.74, 6) is -0.373. The van der Waals surface area contributed by atoms with E-state index in [4.69, 9.17) is 9.47 Å². The normalized spacial score (nSPS) is 17.7. The molecule has 6 heteroatoms. The molecular weight excluding hydrogens is 286 g/mol. The molecule has 0 atom stereocenters. The maximum atomic E-state index is 12.4. The molecule has 0 aromatic heterocycles. The predicted octanol–water partition coefficient (Wildman–Crippen LogP) is 2.74. The molecule has 0 aromatic carbocycles. The average molecular weight is 313 g/mol. The summed E-state index contributed by atoms with van der Waals surface area (Å²) in [5, 5.41) is 2.65. The van der Waals surface area contributed by atoms with Crippen molar-refractivity contribution in [3.8, 4) is 0 Å². The highest BCUT2D eigenvalue weighted by atomic mass is 16.6. The zero-order valence-electron chi connectivity index (χ0n) is 14.0. The van der Waals surface area contributed by atoms with E-state index in [0.717, 1.165) is 12.8 Å². The van der Waals surface area contributed by atoms with E-state index < -0.39 is 23.2 Å². The topological polar surface area (TPSA) is 81.7 Å². The van der Waals surface area contributed by atoms with Gasteiger partial charge in [0.25, 0.3) is 0 Å². The first-order chi connectivity index (χ1) is 10.2. The molecule has 0 spiro atoms. The van der Waals surface area contributed by atoms with Gasteiger partial charge in [-0.1, -0.05) is 13.3 Å². The van der Waals surface area contributed by atoms with Gasteiger partial charge in [-0.05, 0) is 40.0 Å². The van der Waals surface area contributed by atoms with Gasteiger partial charge in [0.2, 0.25) is 0 Å². The molecule has 0 aliphatic heterocycles. The summed E-state index contributed by atoms with van der Waals surface area (Å²) in [4.78, 5) is 35.9. The van der Waals surface area contributed by atoms with Gasteiger partial charge in [0.05, 0.1) is 6.61 Å². The zero-order valence-corrected chi connectivity index (χ0v) is 14.0. The van der Waals surface area contributed by atoms with Crippen molar-refractivity contribution in [2.24, 2.45) is 0 Å². The quantitative estimate of drug-likeness (QED) is 0.623. The summed E-state index contributed by atoms with van der Waals surface area (Å²) in [6.45, 7) is 7.58. The van der Waals surface area contributed by atoms with Gasteiger partial charge in [-0.2, -0.15) is 0 Å². The number of unbranched alkanes of at least 4 members (excludes halogenated alkanes) is 1. The van der Waals surface area contributed by atoms with Crippen molar-refractivity contribution in [2.45, 2.75) is 77.4 Å². The van der Waals surface area contributed by atoms with Gasteiger partial charge >= 0.3 is 12.1 Å². The summed E-state index contributed by atoms with van der Waals surface area (Å²) in [5.41, 5.74) is -1.80. The van der Waals surface area contributed by atoms with Crippen molar-refractivity contribution < 1.29 is 23.9 Å². The van der Waals surface area contributed by atoms with E-state index in [2.05, 4.69) is 5.32 Å². The number of hydrogen-bond acceptors (Lipinski definition) is 5. The van der Waals surface area contributed by atoms with Crippen LogP contribution < -0.4 is 5.32 Å². The number of rotatable bonds is 5. The van der Waals surface area contributed by atoms with Crippen LogP contribution in [0.25, 0.3) is 0 Å². The molecule has 1 fully saturated rings. The first-order valence-electron chi connectivity index (χ1n) is 7.88. The first kappa shape index (κ1) is 18.5. The Morgan fingerprint density at radius 1 is 1.23 bits per heavy atom. The Bertz CT molecular complexity index is 415. The molecule has 0 unspecified atom stereocenters. The highest BCUT2D eigenvalue weighted by Crippen LogP contribution is 2.28. The second-order valence-electron chi connectivity index (χ2n) is 6.74. The number of carbonyl (C=O) groups is 3.